The first-order valence-electron chi connectivity index (χ1n) is 5.07. The first-order chi connectivity index (χ1) is 8.16. The van der Waals surface area contributed by atoms with Crippen molar-refractivity contribution in [3.8, 4) is 0 Å². The second-order valence-electron chi connectivity index (χ2n) is 3.61. The van der Waals surface area contributed by atoms with Crippen LogP contribution in [0.25, 0.3) is 0 Å². The molecule has 90 valence electrons. The first kappa shape index (κ1) is 12.1. The molecule has 0 saturated carbocycles. The normalized spacial score (nSPS) is 12.6. The molecule has 0 fully saturated rings. The van der Waals surface area contributed by atoms with E-state index >= 15 is 0 Å². The first-order valence-corrected chi connectivity index (χ1v) is 5.87. The summed E-state index contributed by atoms with van der Waals surface area (Å²) in [7, 11) is 0. The molecule has 2 N–H and O–H groups in total. The van der Waals surface area contributed by atoms with Crippen molar-refractivity contribution in [1.29, 1.82) is 0 Å². The maximum absolute atomic E-state index is 12.9. The Morgan fingerprint density at radius 1 is 1.53 bits per heavy atom. The van der Waals surface area contributed by atoms with Crippen LogP contribution in [0.3, 0.4) is 0 Å². The van der Waals surface area contributed by atoms with E-state index in [1.165, 1.54) is 12.1 Å². The minimum absolute atomic E-state index is 0.0225. The van der Waals surface area contributed by atoms with Crippen LogP contribution in [0.1, 0.15) is 24.4 Å². The highest BCUT2D eigenvalue weighted by atomic mass is 79.9. The maximum Gasteiger partial charge on any atom is 0.191 e. The Balaban J connectivity index is 1.98. The minimum atomic E-state index is -0.258. The van der Waals surface area contributed by atoms with Crippen LogP contribution >= 0.6 is 15.9 Å². The van der Waals surface area contributed by atoms with E-state index in [2.05, 4.69) is 41.9 Å². The molecule has 0 spiro atoms. The van der Waals surface area contributed by atoms with Gasteiger partial charge in [0, 0.05) is 11.0 Å². The zero-order chi connectivity index (χ0) is 12.3. The van der Waals surface area contributed by atoms with Crippen LogP contribution in [-0.2, 0) is 6.54 Å². The van der Waals surface area contributed by atoms with Crippen molar-refractivity contribution >= 4 is 15.9 Å². The summed E-state index contributed by atoms with van der Waals surface area (Å²) in [5.41, 5.74) is 0.974. The van der Waals surface area contributed by atoms with Crippen LogP contribution in [0.5, 0.6) is 0 Å². The van der Waals surface area contributed by atoms with Crippen molar-refractivity contribution in [1.82, 2.24) is 25.9 Å². The van der Waals surface area contributed by atoms with Gasteiger partial charge in [0.1, 0.15) is 5.82 Å². The minimum Gasteiger partial charge on any atom is -0.303 e. The zero-order valence-electron chi connectivity index (χ0n) is 9.11. The summed E-state index contributed by atoms with van der Waals surface area (Å²) >= 11 is 3.32. The summed E-state index contributed by atoms with van der Waals surface area (Å²) in [6.07, 6.45) is 0. The van der Waals surface area contributed by atoms with E-state index < -0.39 is 0 Å². The fourth-order valence-corrected chi connectivity index (χ4v) is 1.86. The number of aromatic amines is 1. The summed E-state index contributed by atoms with van der Waals surface area (Å²) in [6, 6.07) is 4.58. The molecule has 2 rings (SSSR count). The molecule has 5 nitrogen and oxygen atoms in total. The average molecular weight is 300 g/mol. The maximum atomic E-state index is 12.9. The van der Waals surface area contributed by atoms with E-state index in [9.17, 15) is 4.39 Å². The highest BCUT2D eigenvalue weighted by molar-refractivity contribution is 9.10. The Bertz CT molecular complexity index is 487. The molecule has 0 radical (unpaired) electrons. The number of aromatic nitrogens is 4. The van der Waals surface area contributed by atoms with Gasteiger partial charge >= 0.3 is 0 Å². The SMILES string of the molecule is CC(NCc1ccc(F)cc1Br)c1nn[nH]n1. The Kier molecular flexibility index (Phi) is 3.80. The Labute approximate surface area is 106 Å². The van der Waals surface area contributed by atoms with Crippen molar-refractivity contribution < 1.29 is 4.39 Å². The number of nitrogens with one attached hydrogen (secondary N) is 2. The van der Waals surface area contributed by atoms with E-state index in [-0.39, 0.29) is 11.9 Å². The molecule has 1 heterocycles. The number of halogens is 2. The third kappa shape index (κ3) is 3.07. The highest BCUT2D eigenvalue weighted by Crippen LogP contribution is 2.18. The van der Waals surface area contributed by atoms with Crippen LogP contribution < -0.4 is 5.32 Å². The molecule has 0 aliphatic heterocycles. The fraction of sp³-hybridized carbons (Fsp3) is 0.300. The summed E-state index contributed by atoms with van der Waals surface area (Å²) in [5, 5.41) is 16.9. The van der Waals surface area contributed by atoms with E-state index in [1.54, 1.807) is 6.07 Å². The number of rotatable bonds is 4. The predicted molar refractivity (Wildman–Crippen MR) is 63.5 cm³/mol. The molecular weight excluding hydrogens is 289 g/mol. The Morgan fingerprint density at radius 3 is 3.00 bits per heavy atom. The number of hydrogen-bond donors (Lipinski definition) is 2. The van der Waals surface area contributed by atoms with Crippen molar-refractivity contribution in [3.05, 3.63) is 39.9 Å². The Hall–Kier alpha value is -1.34. The number of nitrogens with zero attached hydrogens (tertiary/aromatic N) is 3. The molecule has 0 bridgehead atoms. The lowest BCUT2D eigenvalue weighted by molar-refractivity contribution is 0.545. The third-order valence-corrected chi connectivity index (χ3v) is 3.10. The molecule has 2 aromatic rings. The molecule has 1 aromatic carbocycles. The van der Waals surface area contributed by atoms with E-state index in [4.69, 9.17) is 0 Å². The second kappa shape index (κ2) is 5.33. The van der Waals surface area contributed by atoms with Crippen molar-refractivity contribution in [2.24, 2.45) is 0 Å². The number of tetrazole rings is 1. The molecule has 0 aliphatic carbocycles. The van der Waals surface area contributed by atoms with Crippen LogP contribution in [-0.4, -0.2) is 20.6 Å². The lowest BCUT2D eigenvalue weighted by Crippen LogP contribution is -2.19. The van der Waals surface area contributed by atoms with Gasteiger partial charge in [0.25, 0.3) is 0 Å². The summed E-state index contributed by atoms with van der Waals surface area (Å²) in [6.45, 7) is 2.53. The predicted octanol–water partition coefficient (Wildman–Crippen LogP) is 1.95. The lowest BCUT2D eigenvalue weighted by atomic mass is 10.2. The summed E-state index contributed by atoms with van der Waals surface area (Å²) < 4.78 is 13.6. The van der Waals surface area contributed by atoms with Gasteiger partial charge in [-0.2, -0.15) is 5.21 Å². The quantitative estimate of drug-likeness (QED) is 0.906. The van der Waals surface area contributed by atoms with E-state index in [0.29, 0.717) is 12.4 Å². The van der Waals surface area contributed by atoms with Gasteiger partial charge in [-0.15, -0.1) is 10.2 Å². The topological polar surface area (TPSA) is 66.5 Å². The monoisotopic (exact) mass is 299 g/mol. The molecule has 1 atom stereocenters. The van der Waals surface area contributed by atoms with Gasteiger partial charge in [-0.25, -0.2) is 4.39 Å². The Morgan fingerprint density at radius 2 is 2.35 bits per heavy atom. The third-order valence-electron chi connectivity index (χ3n) is 2.36. The van der Waals surface area contributed by atoms with Gasteiger partial charge in [-0.3, -0.25) is 0 Å². The molecule has 0 aliphatic rings. The summed E-state index contributed by atoms with van der Waals surface area (Å²) in [4.78, 5) is 0. The second-order valence-corrected chi connectivity index (χ2v) is 4.46. The van der Waals surface area contributed by atoms with Gasteiger partial charge in [0.05, 0.1) is 6.04 Å². The molecule has 17 heavy (non-hydrogen) atoms. The van der Waals surface area contributed by atoms with Gasteiger partial charge in [0.15, 0.2) is 5.82 Å². The largest absolute Gasteiger partial charge is 0.303 e. The van der Waals surface area contributed by atoms with Crippen LogP contribution in [0.15, 0.2) is 22.7 Å². The number of hydrogen-bond acceptors (Lipinski definition) is 4. The van der Waals surface area contributed by atoms with Gasteiger partial charge < -0.3 is 5.32 Å². The van der Waals surface area contributed by atoms with Gasteiger partial charge in [0.2, 0.25) is 0 Å². The summed E-state index contributed by atoms with van der Waals surface area (Å²) in [5.74, 6) is 0.343. The standard InChI is InChI=1S/C10H11BrFN5/c1-6(10-14-16-17-15-10)13-5-7-2-3-8(12)4-9(7)11/h2-4,6,13H,5H2,1H3,(H,14,15,16,17). The number of benzene rings is 1. The molecule has 0 saturated heterocycles. The highest BCUT2D eigenvalue weighted by Gasteiger charge is 2.10. The molecule has 0 amide bonds. The van der Waals surface area contributed by atoms with Crippen molar-refractivity contribution in [2.45, 2.75) is 19.5 Å². The smallest absolute Gasteiger partial charge is 0.191 e. The van der Waals surface area contributed by atoms with Crippen molar-refractivity contribution in [3.63, 3.8) is 0 Å². The van der Waals surface area contributed by atoms with Gasteiger partial charge in [-0.1, -0.05) is 27.2 Å². The molecular formula is C10H11BrFN5. The van der Waals surface area contributed by atoms with Crippen molar-refractivity contribution in [2.75, 3.05) is 0 Å². The van der Waals surface area contributed by atoms with Gasteiger partial charge in [-0.05, 0) is 24.6 Å². The molecule has 1 unspecified atom stereocenters. The lowest BCUT2D eigenvalue weighted by Gasteiger charge is -2.10. The number of H-pyrrole nitrogens is 1. The van der Waals surface area contributed by atoms with E-state index in [0.717, 1.165) is 10.0 Å². The van der Waals surface area contributed by atoms with Crippen LogP contribution in [0, 0.1) is 5.82 Å². The fourth-order valence-electron chi connectivity index (χ4n) is 1.37. The molecule has 1 aromatic heterocycles. The average Bonchev–Trinajstić information content (AvgIpc) is 2.81. The van der Waals surface area contributed by atoms with Crippen LogP contribution in [0.2, 0.25) is 0 Å². The van der Waals surface area contributed by atoms with E-state index in [1.807, 2.05) is 6.92 Å². The zero-order valence-corrected chi connectivity index (χ0v) is 10.7. The molecule has 7 heteroatoms. The van der Waals surface area contributed by atoms with Crippen LogP contribution in [0.4, 0.5) is 4.39 Å².